The fourth-order valence-electron chi connectivity index (χ4n) is 1.82. The van der Waals surface area contributed by atoms with Crippen LogP contribution in [0.5, 0.6) is 5.75 Å². The number of para-hydroxylation sites is 1. The van der Waals surface area contributed by atoms with E-state index in [0.717, 1.165) is 0 Å². The fraction of sp³-hybridized carbons (Fsp3) is 0.125. The minimum atomic E-state index is -0.301. The number of hydrogen-bond acceptors (Lipinski definition) is 3. The number of halogens is 1. The van der Waals surface area contributed by atoms with Crippen molar-refractivity contribution in [3.63, 3.8) is 0 Å². The summed E-state index contributed by atoms with van der Waals surface area (Å²) in [5.74, 6) is 0.220. The zero-order valence-corrected chi connectivity index (χ0v) is 12.1. The van der Waals surface area contributed by atoms with Crippen LogP contribution in [0.25, 0.3) is 0 Å². The third kappa shape index (κ3) is 3.53. The molecular weight excluding hydrogens is 288 g/mol. The molecule has 0 aromatic heterocycles. The quantitative estimate of drug-likeness (QED) is 0.932. The first-order valence-corrected chi connectivity index (χ1v) is 6.76. The molecule has 4 nitrogen and oxygen atoms in total. The number of ether oxygens (including phenoxy) is 1. The Labute approximate surface area is 127 Å². The molecule has 0 atom stereocenters. The molecule has 2 aromatic carbocycles. The normalized spacial score (nSPS) is 9.76. The van der Waals surface area contributed by atoms with Crippen LogP contribution in [-0.4, -0.2) is 12.5 Å². The molecule has 0 aliphatic heterocycles. The van der Waals surface area contributed by atoms with Crippen LogP contribution in [-0.2, 0) is 0 Å². The van der Waals surface area contributed by atoms with E-state index in [1.54, 1.807) is 36.4 Å². The summed E-state index contributed by atoms with van der Waals surface area (Å²) in [7, 11) is 0. The van der Waals surface area contributed by atoms with E-state index in [2.05, 4.69) is 5.32 Å². The fourth-order valence-corrected chi connectivity index (χ4v) is 1.98. The lowest BCUT2D eigenvalue weighted by Crippen LogP contribution is -2.13. The summed E-state index contributed by atoms with van der Waals surface area (Å²) in [5.41, 5.74) is 1.26. The van der Waals surface area contributed by atoms with Gasteiger partial charge in [-0.3, -0.25) is 4.79 Å². The van der Waals surface area contributed by atoms with Gasteiger partial charge in [-0.25, -0.2) is 0 Å². The summed E-state index contributed by atoms with van der Waals surface area (Å²) in [5, 5.41) is 12.0. The van der Waals surface area contributed by atoms with Gasteiger partial charge in [-0.1, -0.05) is 23.7 Å². The summed E-state index contributed by atoms with van der Waals surface area (Å²) in [6.45, 7) is 2.33. The van der Waals surface area contributed by atoms with Crippen LogP contribution in [0.3, 0.4) is 0 Å². The van der Waals surface area contributed by atoms with Crippen LogP contribution in [0.4, 0.5) is 5.69 Å². The molecular formula is C16H13ClN2O2. The van der Waals surface area contributed by atoms with Crippen molar-refractivity contribution < 1.29 is 9.53 Å². The molecule has 2 aromatic rings. The lowest BCUT2D eigenvalue weighted by Gasteiger charge is -2.10. The van der Waals surface area contributed by atoms with Crippen LogP contribution in [0.2, 0.25) is 5.02 Å². The molecule has 2 rings (SSSR count). The SMILES string of the molecule is CCOc1ccccc1C(=O)Nc1ccc(Cl)c(C#N)c1. The Morgan fingerprint density at radius 3 is 2.81 bits per heavy atom. The third-order valence-corrected chi connectivity index (χ3v) is 3.11. The van der Waals surface area contributed by atoms with E-state index in [9.17, 15) is 4.79 Å². The van der Waals surface area contributed by atoms with Gasteiger partial charge in [0.25, 0.3) is 5.91 Å². The Kier molecular flexibility index (Phi) is 4.81. The highest BCUT2D eigenvalue weighted by atomic mass is 35.5. The van der Waals surface area contributed by atoms with E-state index in [0.29, 0.717) is 34.2 Å². The second-order valence-corrected chi connectivity index (χ2v) is 4.60. The first-order valence-electron chi connectivity index (χ1n) is 6.38. The summed E-state index contributed by atoms with van der Waals surface area (Å²) in [6.07, 6.45) is 0. The zero-order chi connectivity index (χ0) is 15.2. The van der Waals surface area contributed by atoms with Crippen LogP contribution in [0.1, 0.15) is 22.8 Å². The van der Waals surface area contributed by atoms with Gasteiger partial charge >= 0.3 is 0 Å². The Morgan fingerprint density at radius 1 is 1.33 bits per heavy atom. The van der Waals surface area contributed by atoms with E-state index in [1.807, 2.05) is 13.0 Å². The minimum Gasteiger partial charge on any atom is -0.493 e. The summed E-state index contributed by atoms with van der Waals surface area (Å²) in [6, 6.07) is 13.7. The Bertz CT molecular complexity index is 708. The molecule has 0 spiro atoms. The van der Waals surface area contributed by atoms with Crippen molar-refractivity contribution in [1.82, 2.24) is 0 Å². The number of nitrogens with one attached hydrogen (secondary N) is 1. The van der Waals surface area contributed by atoms with Gasteiger partial charge in [0.05, 0.1) is 22.8 Å². The Morgan fingerprint density at radius 2 is 2.10 bits per heavy atom. The van der Waals surface area contributed by atoms with Crippen molar-refractivity contribution in [2.24, 2.45) is 0 Å². The lowest BCUT2D eigenvalue weighted by molar-refractivity contribution is 0.102. The van der Waals surface area contributed by atoms with Gasteiger partial charge in [-0.15, -0.1) is 0 Å². The topological polar surface area (TPSA) is 62.1 Å². The summed E-state index contributed by atoms with van der Waals surface area (Å²) >= 11 is 5.86. The zero-order valence-electron chi connectivity index (χ0n) is 11.4. The summed E-state index contributed by atoms with van der Waals surface area (Å²) < 4.78 is 5.43. The number of rotatable bonds is 4. The highest BCUT2D eigenvalue weighted by molar-refractivity contribution is 6.31. The van der Waals surface area contributed by atoms with Crippen molar-refractivity contribution in [1.29, 1.82) is 5.26 Å². The predicted molar refractivity (Wildman–Crippen MR) is 81.7 cm³/mol. The number of hydrogen-bond donors (Lipinski definition) is 1. The largest absolute Gasteiger partial charge is 0.493 e. The molecule has 106 valence electrons. The number of carbonyl (C=O) groups excluding carboxylic acids is 1. The highest BCUT2D eigenvalue weighted by Gasteiger charge is 2.12. The van der Waals surface area contributed by atoms with Gasteiger partial charge in [0.1, 0.15) is 11.8 Å². The first-order chi connectivity index (χ1) is 10.2. The predicted octanol–water partition coefficient (Wildman–Crippen LogP) is 3.86. The highest BCUT2D eigenvalue weighted by Crippen LogP contribution is 2.22. The molecule has 21 heavy (non-hydrogen) atoms. The van der Waals surface area contributed by atoms with Gasteiger partial charge in [-0.05, 0) is 37.3 Å². The van der Waals surface area contributed by atoms with Crippen LogP contribution < -0.4 is 10.1 Å². The van der Waals surface area contributed by atoms with Crippen LogP contribution in [0, 0.1) is 11.3 Å². The molecule has 0 heterocycles. The molecule has 0 radical (unpaired) electrons. The average molecular weight is 301 g/mol. The molecule has 1 N–H and O–H groups in total. The number of nitrogens with zero attached hydrogens (tertiary/aromatic N) is 1. The van der Waals surface area contributed by atoms with E-state index in [1.165, 1.54) is 6.07 Å². The van der Waals surface area contributed by atoms with Crippen LogP contribution >= 0.6 is 11.6 Å². The monoisotopic (exact) mass is 300 g/mol. The van der Waals surface area contributed by atoms with Crippen molar-refractivity contribution in [3.8, 4) is 11.8 Å². The summed E-state index contributed by atoms with van der Waals surface area (Å²) in [4.78, 5) is 12.3. The maximum atomic E-state index is 12.3. The van der Waals surface area contributed by atoms with Gasteiger partial charge < -0.3 is 10.1 Å². The minimum absolute atomic E-state index is 0.301. The van der Waals surface area contributed by atoms with E-state index in [-0.39, 0.29) is 5.91 Å². The molecule has 0 saturated heterocycles. The maximum Gasteiger partial charge on any atom is 0.259 e. The maximum absolute atomic E-state index is 12.3. The number of nitriles is 1. The second kappa shape index (κ2) is 6.78. The van der Waals surface area contributed by atoms with Crippen molar-refractivity contribution >= 4 is 23.2 Å². The second-order valence-electron chi connectivity index (χ2n) is 4.19. The van der Waals surface area contributed by atoms with Crippen molar-refractivity contribution in [2.45, 2.75) is 6.92 Å². The molecule has 5 heteroatoms. The molecule has 0 aliphatic carbocycles. The van der Waals surface area contributed by atoms with Crippen molar-refractivity contribution in [2.75, 3.05) is 11.9 Å². The third-order valence-electron chi connectivity index (χ3n) is 2.78. The number of benzene rings is 2. The Hall–Kier alpha value is -2.51. The van der Waals surface area contributed by atoms with Crippen LogP contribution in [0.15, 0.2) is 42.5 Å². The average Bonchev–Trinajstić information content (AvgIpc) is 2.50. The number of anilines is 1. The first kappa shape index (κ1) is 14.9. The van der Waals surface area contributed by atoms with Gasteiger partial charge in [0.2, 0.25) is 0 Å². The van der Waals surface area contributed by atoms with Crippen molar-refractivity contribution in [3.05, 3.63) is 58.6 Å². The van der Waals surface area contributed by atoms with E-state index >= 15 is 0 Å². The smallest absolute Gasteiger partial charge is 0.259 e. The molecule has 0 fully saturated rings. The standard InChI is InChI=1S/C16H13ClN2O2/c1-2-21-15-6-4-3-5-13(15)16(20)19-12-7-8-14(17)11(9-12)10-18/h3-9H,2H2,1H3,(H,19,20). The van der Waals surface area contributed by atoms with Gasteiger partial charge in [-0.2, -0.15) is 5.26 Å². The number of amides is 1. The van der Waals surface area contributed by atoms with Gasteiger partial charge in [0, 0.05) is 5.69 Å². The molecule has 0 bridgehead atoms. The van der Waals surface area contributed by atoms with E-state index in [4.69, 9.17) is 21.6 Å². The molecule has 0 unspecified atom stereocenters. The number of carbonyl (C=O) groups is 1. The Balaban J connectivity index is 2.24. The molecule has 1 amide bonds. The molecule has 0 aliphatic rings. The van der Waals surface area contributed by atoms with E-state index < -0.39 is 0 Å². The lowest BCUT2D eigenvalue weighted by atomic mass is 10.1. The van der Waals surface area contributed by atoms with Gasteiger partial charge in [0.15, 0.2) is 0 Å². The molecule has 0 saturated carbocycles.